The van der Waals surface area contributed by atoms with E-state index in [1.54, 1.807) is 31.2 Å². The Kier molecular flexibility index (Phi) is 8.00. The fourth-order valence-electron chi connectivity index (χ4n) is 2.28. The average Bonchev–Trinajstić information content (AvgIpc) is 2.69. The minimum absolute atomic E-state index is 0.308. The summed E-state index contributed by atoms with van der Waals surface area (Å²) in [6.45, 7) is 1.80. The third-order valence-corrected chi connectivity index (χ3v) is 4.27. The minimum atomic E-state index is -0.897. The maximum Gasteiger partial charge on any atom is 0.326 e. The molecular formula is C20H21BrN2O4. The summed E-state index contributed by atoms with van der Waals surface area (Å²) in [6, 6.07) is 16.2. The maximum absolute atomic E-state index is 12.2. The maximum atomic E-state index is 12.2. The van der Waals surface area contributed by atoms with Gasteiger partial charge in [-0.05, 0) is 36.2 Å². The second-order valence-corrected chi connectivity index (χ2v) is 6.70. The number of carbonyl (C=O) groups is 3. The van der Waals surface area contributed by atoms with Crippen LogP contribution in [0.2, 0.25) is 0 Å². The van der Waals surface area contributed by atoms with E-state index in [-0.39, 0.29) is 18.4 Å². The van der Waals surface area contributed by atoms with Gasteiger partial charge in [-0.15, -0.1) is 0 Å². The number of carbonyl (C=O) groups excluding carboxylic acids is 3. The zero-order chi connectivity index (χ0) is 19.6. The Morgan fingerprint density at radius 1 is 1.00 bits per heavy atom. The van der Waals surface area contributed by atoms with Crippen LogP contribution in [0.1, 0.15) is 29.3 Å². The molecule has 0 heterocycles. The van der Waals surface area contributed by atoms with E-state index in [2.05, 4.69) is 26.6 Å². The van der Waals surface area contributed by atoms with Gasteiger partial charge in [0.2, 0.25) is 0 Å². The van der Waals surface area contributed by atoms with Gasteiger partial charge in [0.1, 0.15) is 6.54 Å². The van der Waals surface area contributed by atoms with Crippen LogP contribution in [0.5, 0.6) is 0 Å². The summed E-state index contributed by atoms with van der Waals surface area (Å²) in [5.41, 5.74) is 1.38. The molecule has 0 saturated heterocycles. The van der Waals surface area contributed by atoms with Crippen molar-refractivity contribution in [1.82, 2.24) is 10.6 Å². The molecule has 6 nitrogen and oxygen atoms in total. The van der Waals surface area contributed by atoms with E-state index in [0.717, 1.165) is 10.0 Å². The first kappa shape index (κ1) is 20.6. The fourth-order valence-corrected chi connectivity index (χ4v) is 2.54. The van der Waals surface area contributed by atoms with Gasteiger partial charge in [-0.25, -0.2) is 0 Å². The van der Waals surface area contributed by atoms with Crippen molar-refractivity contribution >= 4 is 33.7 Å². The SMILES string of the molecule is CCC(OC(=O)CNC(=O)c1ccc(Br)cc1)C(=O)NCc1ccccc1. The van der Waals surface area contributed by atoms with Gasteiger partial charge < -0.3 is 15.4 Å². The van der Waals surface area contributed by atoms with Gasteiger partial charge in [-0.1, -0.05) is 53.2 Å². The van der Waals surface area contributed by atoms with Crippen LogP contribution in [0.15, 0.2) is 59.1 Å². The summed E-state index contributed by atoms with van der Waals surface area (Å²) in [7, 11) is 0. The molecule has 0 bridgehead atoms. The standard InChI is InChI=1S/C20H21BrN2O4/c1-2-17(20(26)22-12-14-6-4-3-5-7-14)27-18(24)13-23-19(25)15-8-10-16(21)11-9-15/h3-11,17H,2,12-13H2,1H3,(H,22,26)(H,23,25). The lowest BCUT2D eigenvalue weighted by molar-refractivity contribution is -0.155. The predicted molar refractivity (Wildman–Crippen MR) is 105 cm³/mol. The lowest BCUT2D eigenvalue weighted by Gasteiger charge is -2.16. The predicted octanol–water partition coefficient (Wildman–Crippen LogP) is 2.82. The normalized spacial score (nSPS) is 11.3. The molecule has 1 atom stereocenters. The van der Waals surface area contributed by atoms with Crippen molar-refractivity contribution in [3.63, 3.8) is 0 Å². The summed E-state index contributed by atoms with van der Waals surface area (Å²) in [4.78, 5) is 36.1. The molecule has 0 spiro atoms. The number of halogens is 1. The molecule has 142 valence electrons. The zero-order valence-electron chi connectivity index (χ0n) is 14.9. The van der Waals surface area contributed by atoms with E-state index in [0.29, 0.717) is 18.5 Å². The quantitative estimate of drug-likeness (QED) is 0.628. The molecule has 1 unspecified atom stereocenters. The molecule has 2 aromatic rings. The van der Waals surface area contributed by atoms with Crippen molar-refractivity contribution < 1.29 is 19.1 Å². The highest BCUT2D eigenvalue weighted by molar-refractivity contribution is 9.10. The fraction of sp³-hybridized carbons (Fsp3) is 0.250. The Labute approximate surface area is 166 Å². The van der Waals surface area contributed by atoms with Crippen LogP contribution < -0.4 is 10.6 Å². The Balaban J connectivity index is 1.78. The summed E-state index contributed by atoms with van der Waals surface area (Å²) in [6.07, 6.45) is -0.557. The topological polar surface area (TPSA) is 84.5 Å². The van der Waals surface area contributed by atoms with Crippen molar-refractivity contribution in [2.24, 2.45) is 0 Å². The number of nitrogens with one attached hydrogen (secondary N) is 2. The number of amides is 2. The molecule has 0 aliphatic carbocycles. The first-order valence-electron chi connectivity index (χ1n) is 8.54. The summed E-state index contributed by atoms with van der Waals surface area (Å²) < 4.78 is 6.03. The van der Waals surface area contributed by atoms with Crippen LogP contribution >= 0.6 is 15.9 Å². The molecule has 0 aromatic heterocycles. The van der Waals surface area contributed by atoms with Gasteiger partial charge in [0.05, 0.1) is 0 Å². The van der Waals surface area contributed by atoms with Gasteiger partial charge >= 0.3 is 5.97 Å². The highest BCUT2D eigenvalue weighted by Gasteiger charge is 2.21. The molecule has 2 aromatic carbocycles. The van der Waals surface area contributed by atoms with Crippen LogP contribution in [-0.4, -0.2) is 30.4 Å². The number of hydrogen-bond acceptors (Lipinski definition) is 4. The smallest absolute Gasteiger partial charge is 0.326 e. The molecule has 7 heteroatoms. The molecule has 0 aliphatic heterocycles. The van der Waals surface area contributed by atoms with Crippen molar-refractivity contribution in [1.29, 1.82) is 0 Å². The number of rotatable bonds is 8. The molecule has 2 amide bonds. The van der Waals surface area contributed by atoms with Crippen LogP contribution in [0.4, 0.5) is 0 Å². The Bertz CT molecular complexity index is 778. The third-order valence-electron chi connectivity index (χ3n) is 3.75. The molecule has 0 saturated carbocycles. The van der Waals surface area contributed by atoms with Gasteiger partial charge in [-0.3, -0.25) is 14.4 Å². The van der Waals surface area contributed by atoms with Crippen molar-refractivity contribution in [2.75, 3.05) is 6.54 Å². The van der Waals surface area contributed by atoms with Crippen molar-refractivity contribution in [3.8, 4) is 0 Å². The van der Waals surface area contributed by atoms with Crippen LogP contribution in [0, 0.1) is 0 Å². The van der Waals surface area contributed by atoms with Crippen molar-refractivity contribution in [3.05, 3.63) is 70.2 Å². The zero-order valence-corrected chi connectivity index (χ0v) is 16.5. The van der Waals surface area contributed by atoms with Gasteiger partial charge in [0.25, 0.3) is 11.8 Å². The highest BCUT2D eigenvalue weighted by Crippen LogP contribution is 2.10. The molecule has 2 N–H and O–H groups in total. The van der Waals surface area contributed by atoms with Gasteiger partial charge in [0.15, 0.2) is 6.10 Å². The highest BCUT2D eigenvalue weighted by atomic mass is 79.9. The van der Waals surface area contributed by atoms with E-state index < -0.39 is 12.1 Å². The van der Waals surface area contributed by atoms with Crippen LogP contribution in [0.25, 0.3) is 0 Å². The molecule has 2 rings (SSSR count). The number of ether oxygens (including phenoxy) is 1. The monoisotopic (exact) mass is 432 g/mol. The van der Waals surface area contributed by atoms with E-state index in [1.165, 1.54) is 0 Å². The van der Waals surface area contributed by atoms with Crippen LogP contribution in [-0.2, 0) is 20.9 Å². The second-order valence-electron chi connectivity index (χ2n) is 5.78. The molecular weight excluding hydrogens is 412 g/mol. The van der Waals surface area contributed by atoms with E-state index in [1.807, 2.05) is 30.3 Å². The van der Waals surface area contributed by atoms with E-state index >= 15 is 0 Å². The molecule has 0 fully saturated rings. The van der Waals surface area contributed by atoms with Gasteiger partial charge in [0, 0.05) is 16.6 Å². The summed E-state index contributed by atoms with van der Waals surface area (Å²) in [5.74, 6) is -1.42. The largest absolute Gasteiger partial charge is 0.451 e. The number of hydrogen-bond donors (Lipinski definition) is 2. The lowest BCUT2D eigenvalue weighted by atomic mass is 10.2. The Hall–Kier alpha value is -2.67. The number of benzene rings is 2. The summed E-state index contributed by atoms with van der Waals surface area (Å²) >= 11 is 3.29. The Morgan fingerprint density at radius 3 is 2.30 bits per heavy atom. The van der Waals surface area contributed by atoms with Gasteiger partial charge in [-0.2, -0.15) is 0 Å². The Morgan fingerprint density at radius 2 is 1.67 bits per heavy atom. The average molecular weight is 433 g/mol. The van der Waals surface area contributed by atoms with E-state index in [9.17, 15) is 14.4 Å². The first-order valence-corrected chi connectivity index (χ1v) is 9.33. The van der Waals surface area contributed by atoms with Crippen LogP contribution in [0.3, 0.4) is 0 Å². The van der Waals surface area contributed by atoms with Crippen molar-refractivity contribution in [2.45, 2.75) is 26.0 Å². The van der Waals surface area contributed by atoms with E-state index in [4.69, 9.17) is 4.74 Å². The minimum Gasteiger partial charge on any atom is -0.451 e. The molecule has 27 heavy (non-hydrogen) atoms. The second kappa shape index (κ2) is 10.5. The summed E-state index contributed by atoms with van der Waals surface area (Å²) in [5, 5.41) is 5.23. The molecule has 0 radical (unpaired) electrons. The lowest BCUT2D eigenvalue weighted by Crippen LogP contribution is -2.39. The number of esters is 1. The molecule has 0 aliphatic rings. The first-order chi connectivity index (χ1) is 13.0. The third kappa shape index (κ3) is 6.86.